The average molecular weight is 160 g/mol. The van der Waals surface area contributed by atoms with Gasteiger partial charge in [0.25, 0.3) is 0 Å². The van der Waals surface area contributed by atoms with Crippen molar-refractivity contribution >= 4 is 0 Å². The summed E-state index contributed by atoms with van der Waals surface area (Å²) < 4.78 is 5.18. The lowest BCUT2D eigenvalue weighted by Crippen LogP contribution is -2.36. The highest BCUT2D eigenvalue weighted by Gasteiger charge is 1.96. The van der Waals surface area contributed by atoms with Gasteiger partial charge in [-0.25, -0.2) is 0 Å². The number of ether oxygens (including phenoxy) is 1. The lowest BCUT2D eigenvalue weighted by Gasteiger charge is -2.12. The van der Waals surface area contributed by atoms with Crippen LogP contribution in [0.25, 0.3) is 0 Å². The Hall–Kier alpha value is -0.120. The fraction of sp³-hybridized carbons (Fsp3) is 1.00. The lowest BCUT2D eigenvalue weighted by molar-refractivity contribution is 0.147. The zero-order chi connectivity index (χ0) is 8.53. The maximum atomic E-state index is 5.18. The minimum absolute atomic E-state index is 0.528. The van der Waals surface area contributed by atoms with Crippen LogP contribution >= 0.6 is 0 Å². The molecule has 0 aromatic rings. The predicted molar refractivity (Wildman–Crippen MR) is 47.9 cm³/mol. The number of hydrogen-bond donors (Lipinski definition) is 2. The Morgan fingerprint density at radius 1 is 1.45 bits per heavy atom. The molecule has 0 spiro atoms. The largest absolute Gasteiger partial charge is 0.380 e. The molecular formula is C8H20N2O. The normalized spacial score (nSPS) is 13.4. The number of hydrogen-bond acceptors (Lipinski definition) is 3. The second kappa shape index (κ2) is 7.98. The fourth-order valence-corrected chi connectivity index (χ4v) is 0.900. The molecule has 0 aliphatic heterocycles. The minimum Gasteiger partial charge on any atom is -0.380 e. The first kappa shape index (κ1) is 10.9. The lowest BCUT2D eigenvalue weighted by atomic mass is 10.3. The van der Waals surface area contributed by atoms with Crippen molar-refractivity contribution in [3.05, 3.63) is 0 Å². The van der Waals surface area contributed by atoms with Gasteiger partial charge in [0.15, 0.2) is 0 Å². The van der Waals surface area contributed by atoms with Crippen molar-refractivity contribution in [1.82, 2.24) is 10.6 Å². The van der Waals surface area contributed by atoms with Crippen molar-refractivity contribution < 1.29 is 4.74 Å². The zero-order valence-corrected chi connectivity index (χ0v) is 7.81. The van der Waals surface area contributed by atoms with Crippen molar-refractivity contribution in [2.24, 2.45) is 0 Å². The van der Waals surface area contributed by atoms with Crippen LogP contribution in [-0.4, -0.2) is 39.4 Å². The van der Waals surface area contributed by atoms with Gasteiger partial charge in [-0.15, -0.1) is 0 Å². The highest BCUT2D eigenvalue weighted by molar-refractivity contribution is 4.61. The topological polar surface area (TPSA) is 33.3 Å². The summed E-state index contributed by atoms with van der Waals surface area (Å²) >= 11 is 0. The Morgan fingerprint density at radius 2 is 2.18 bits per heavy atom. The Bertz CT molecular complexity index is 78.5. The van der Waals surface area contributed by atoms with Gasteiger partial charge < -0.3 is 15.4 Å². The van der Waals surface area contributed by atoms with Crippen LogP contribution in [0.15, 0.2) is 0 Å². The first-order valence-electron chi connectivity index (χ1n) is 4.27. The second-order valence-electron chi connectivity index (χ2n) is 2.61. The molecule has 0 bridgehead atoms. The van der Waals surface area contributed by atoms with Gasteiger partial charge in [0.1, 0.15) is 0 Å². The molecule has 0 saturated heterocycles. The van der Waals surface area contributed by atoms with Crippen molar-refractivity contribution in [2.75, 3.05) is 33.4 Å². The van der Waals surface area contributed by atoms with Crippen LogP contribution < -0.4 is 10.6 Å². The highest BCUT2D eigenvalue weighted by Crippen LogP contribution is 1.77. The standard InChI is InChI=1S/C8H20N2O/c1-4-11-6-5-10-8(2)7-9-3/h8-10H,4-7H2,1-3H3. The Morgan fingerprint density at radius 3 is 2.73 bits per heavy atom. The number of likely N-dealkylation sites (N-methyl/N-ethyl adjacent to an activating group) is 1. The molecule has 0 amide bonds. The molecule has 3 heteroatoms. The van der Waals surface area contributed by atoms with Gasteiger partial charge in [0, 0.05) is 25.7 Å². The van der Waals surface area contributed by atoms with E-state index in [4.69, 9.17) is 4.74 Å². The van der Waals surface area contributed by atoms with E-state index in [0.717, 1.165) is 26.3 Å². The monoisotopic (exact) mass is 160 g/mol. The van der Waals surface area contributed by atoms with Crippen molar-refractivity contribution in [3.8, 4) is 0 Å². The van der Waals surface area contributed by atoms with Gasteiger partial charge in [-0.2, -0.15) is 0 Å². The molecule has 0 radical (unpaired) electrons. The Balaban J connectivity index is 2.97. The molecule has 0 aliphatic rings. The summed E-state index contributed by atoms with van der Waals surface area (Å²) in [7, 11) is 1.96. The van der Waals surface area contributed by atoms with E-state index in [-0.39, 0.29) is 0 Å². The van der Waals surface area contributed by atoms with Crippen LogP contribution in [-0.2, 0) is 4.74 Å². The maximum Gasteiger partial charge on any atom is 0.0590 e. The van der Waals surface area contributed by atoms with Gasteiger partial charge in [-0.1, -0.05) is 0 Å². The summed E-state index contributed by atoms with van der Waals surface area (Å²) in [6, 6.07) is 0.528. The van der Waals surface area contributed by atoms with Crippen LogP contribution in [0.5, 0.6) is 0 Å². The summed E-state index contributed by atoms with van der Waals surface area (Å²) in [5, 5.41) is 6.44. The van der Waals surface area contributed by atoms with E-state index in [1.807, 2.05) is 14.0 Å². The van der Waals surface area contributed by atoms with Gasteiger partial charge in [0.05, 0.1) is 6.61 Å². The molecule has 2 N–H and O–H groups in total. The number of rotatable bonds is 7. The third-order valence-corrected chi connectivity index (χ3v) is 1.45. The maximum absolute atomic E-state index is 5.18. The van der Waals surface area contributed by atoms with E-state index in [2.05, 4.69) is 17.6 Å². The summed E-state index contributed by atoms with van der Waals surface area (Å²) in [6.45, 7) is 7.73. The molecule has 0 aromatic carbocycles. The molecule has 1 atom stereocenters. The molecule has 0 aromatic heterocycles. The summed E-state index contributed by atoms with van der Waals surface area (Å²) in [6.07, 6.45) is 0. The summed E-state index contributed by atoms with van der Waals surface area (Å²) in [4.78, 5) is 0. The van der Waals surface area contributed by atoms with Gasteiger partial charge in [0.2, 0.25) is 0 Å². The first-order chi connectivity index (χ1) is 5.31. The van der Waals surface area contributed by atoms with E-state index >= 15 is 0 Å². The van der Waals surface area contributed by atoms with Crippen molar-refractivity contribution in [3.63, 3.8) is 0 Å². The van der Waals surface area contributed by atoms with Crippen LogP contribution in [0.4, 0.5) is 0 Å². The number of nitrogens with one attached hydrogen (secondary N) is 2. The molecule has 1 unspecified atom stereocenters. The van der Waals surface area contributed by atoms with Crippen LogP contribution in [0.3, 0.4) is 0 Å². The molecular weight excluding hydrogens is 140 g/mol. The molecule has 68 valence electrons. The minimum atomic E-state index is 0.528. The van der Waals surface area contributed by atoms with Gasteiger partial charge in [-0.3, -0.25) is 0 Å². The van der Waals surface area contributed by atoms with Crippen molar-refractivity contribution in [1.29, 1.82) is 0 Å². The molecule has 3 nitrogen and oxygen atoms in total. The Kier molecular flexibility index (Phi) is 7.89. The fourth-order valence-electron chi connectivity index (χ4n) is 0.900. The molecule has 0 saturated carbocycles. The molecule has 0 rings (SSSR count). The predicted octanol–water partition coefficient (Wildman–Crippen LogP) is 0.220. The van der Waals surface area contributed by atoms with Crippen LogP contribution in [0, 0.1) is 0 Å². The SMILES string of the molecule is CCOCCNC(C)CNC. The van der Waals surface area contributed by atoms with E-state index < -0.39 is 0 Å². The molecule has 0 fully saturated rings. The third kappa shape index (κ3) is 7.78. The third-order valence-electron chi connectivity index (χ3n) is 1.45. The smallest absolute Gasteiger partial charge is 0.0590 e. The second-order valence-corrected chi connectivity index (χ2v) is 2.61. The van der Waals surface area contributed by atoms with E-state index in [9.17, 15) is 0 Å². The quantitative estimate of drug-likeness (QED) is 0.523. The van der Waals surface area contributed by atoms with Gasteiger partial charge >= 0.3 is 0 Å². The Labute approximate surface area is 69.5 Å². The van der Waals surface area contributed by atoms with E-state index in [1.165, 1.54) is 0 Å². The summed E-state index contributed by atoms with van der Waals surface area (Å²) in [5.41, 5.74) is 0. The molecule has 0 aliphatic carbocycles. The molecule has 0 heterocycles. The van der Waals surface area contributed by atoms with Crippen molar-refractivity contribution in [2.45, 2.75) is 19.9 Å². The summed E-state index contributed by atoms with van der Waals surface area (Å²) in [5.74, 6) is 0. The van der Waals surface area contributed by atoms with E-state index in [0.29, 0.717) is 6.04 Å². The van der Waals surface area contributed by atoms with Crippen LogP contribution in [0.1, 0.15) is 13.8 Å². The van der Waals surface area contributed by atoms with Gasteiger partial charge in [-0.05, 0) is 20.9 Å². The molecule has 11 heavy (non-hydrogen) atoms. The average Bonchev–Trinajstić information content (AvgIpc) is 1.99. The van der Waals surface area contributed by atoms with E-state index in [1.54, 1.807) is 0 Å². The van der Waals surface area contributed by atoms with Crippen LogP contribution in [0.2, 0.25) is 0 Å². The zero-order valence-electron chi connectivity index (χ0n) is 7.81. The highest BCUT2D eigenvalue weighted by atomic mass is 16.5. The first-order valence-corrected chi connectivity index (χ1v) is 4.27.